The van der Waals surface area contributed by atoms with Crippen molar-refractivity contribution in [3.63, 3.8) is 0 Å². The van der Waals surface area contributed by atoms with Gasteiger partial charge < -0.3 is 15.7 Å². The zero-order valence-corrected chi connectivity index (χ0v) is 12.8. The Labute approximate surface area is 127 Å². The molecule has 0 bridgehead atoms. The second-order valence-corrected chi connectivity index (χ2v) is 5.61. The molecule has 2 amide bonds. The zero-order chi connectivity index (χ0) is 16.2. The van der Waals surface area contributed by atoms with E-state index in [-0.39, 0.29) is 17.5 Å². The van der Waals surface area contributed by atoms with Gasteiger partial charge in [-0.3, -0.25) is 9.59 Å². The molecule has 0 spiro atoms. The molecule has 0 aliphatic heterocycles. The van der Waals surface area contributed by atoms with E-state index in [0.717, 1.165) is 6.07 Å². The second-order valence-electron chi connectivity index (χ2n) is 5.21. The Kier molecular flexibility index (Phi) is 5.69. The van der Waals surface area contributed by atoms with Gasteiger partial charge in [-0.25, -0.2) is 4.39 Å². The molecular weight excluding hydrogens is 299 g/mol. The molecule has 1 atom stereocenters. The molecule has 0 aliphatic carbocycles. The lowest BCUT2D eigenvalue weighted by Gasteiger charge is -2.25. The molecule has 0 fully saturated rings. The number of halogens is 2. The van der Waals surface area contributed by atoms with Crippen molar-refractivity contribution in [2.45, 2.75) is 32.4 Å². The first kappa shape index (κ1) is 17.4. The number of benzene rings is 1. The standard InChI is InChI=1S/C14H18ClFN2O3/c1-8(19)18-14(2,3)13(21)17-7-12(20)9-4-5-10(15)11(16)6-9/h4-6,12,20H,7H2,1-3H3,(H,17,21)(H,18,19). The van der Waals surface area contributed by atoms with Crippen LogP contribution in [-0.2, 0) is 9.59 Å². The van der Waals surface area contributed by atoms with Crippen molar-refractivity contribution >= 4 is 23.4 Å². The van der Waals surface area contributed by atoms with E-state index in [0.29, 0.717) is 5.56 Å². The number of rotatable bonds is 5. The summed E-state index contributed by atoms with van der Waals surface area (Å²) in [5.74, 6) is -1.43. The molecule has 5 nitrogen and oxygen atoms in total. The van der Waals surface area contributed by atoms with Gasteiger partial charge in [-0.1, -0.05) is 17.7 Å². The molecular formula is C14H18ClFN2O3. The molecule has 0 radical (unpaired) electrons. The highest BCUT2D eigenvalue weighted by atomic mass is 35.5. The van der Waals surface area contributed by atoms with Gasteiger partial charge in [0, 0.05) is 13.5 Å². The molecule has 1 aromatic carbocycles. The maximum Gasteiger partial charge on any atom is 0.245 e. The number of carbonyl (C=O) groups excluding carboxylic acids is 2. The minimum absolute atomic E-state index is 0.0400. The highest BCUT2D eigenvalue weighted by Crippen LogP contribution is 2.20. The normalized spacial score (nSPS) is 12.7. The van der Waals surface area contributed by atoms with Gasteiger partial charge in [0.2, 0.25) is 11.8 Å². The van der Waals surface area contributed by atoms with Gasteiger partial charge in [-0.2, -0.15) is 0 Å². The van der Waals surface area contributed by atoms with Gasteiger partial charge in [-0.15, -0.1) is 0 Å². The third-order valence-corrected chi connectivity index (χ3v) is 3.15. The molecule has 1 unspecified atom stereocenters. The van der Waals surface area contributed by atoms with Crippen molar-refractivity contribution < 1.29 is 19.1 Å². The van der Waals surface area contributed by atoms with E-state index in [1.165, 1.54) is 32.9 Å². The van der Waals surface area contributed by atoms with Crippen LogP contribution in [0.25, 0.3) is 0 Å². The van der Waals surface area contributed by atoms with E-state index >= 15 is 0 Å². The fourth-order valence-corrected chi connectivity index (χ4v) is 1.86. The molecule has 0 heterocycles. The molecule has 0 saturated heterocycles. The lowest BCUT2D eigenvalue weighted by molar-refractivity contribution is -0.131. The van der Waals surface area contributed by atoms with Crippen molar-refractivity contribution in [2.75, 3.05) is 6.54 Å². The molecule has 3 N–H and O–H groups in total. The summed E-state index contributed by atoms with van der Waals surface area (Å²) in [7, 11) is 0. The van der Waals surface area contributed by atoms with E-state index in [4.69, 9.17) is 11.6 Å². The average Bonchev–Trinajstić information content (AvgIpc) is 2.37. The average molecular weight is 317 g/mol. The topological polar surface area (TPSA) is 78.4 Å². The molecule has 0 aliphatic rings. The first-order chi connectivity index (χ1) is 9.63. The summed E-state index contributed by atoms with van der Waals surface area (Å²) in [5.41, 5.74) is -0.800. The van der Waals surface area contributed by atoms with Gasteiger partial charge in [0.1, 0.15) is 11.4 Å². The van der Waals surface area contributed by atoms with Gasteiger partial charge in [0.05, 0.1) is 11.1 Å². The Hall–Kier alpha value is -1.66. The fourth-order valence-electron chi connectivity index (χ4n) is 1.74. The summed E-state index contributed by atoms with van der Waals surface area (Å²) in [6.45, 7) is 4.28. The van der Waals surface area contributed by atoms with Crippen molar-refractivity contribution in [1.82, 2.24) is 10.6 Å². The number of hydrogen-bond acceptors (Lipinski definition) is 3. The number of carbonyl (C=O) groups is 2. The maximum atomic E-state index is 13.3. The summed E-state index contributed by atoms with van der Waals surface area (Å²) in [6.07, 6.45) is -1.08. The minimum atomic E-state index is -1.10. The number of amides is 2. The fraction of sp³-hybridized carbons (Fsp3) is 0.429. The summed E-state index contributed by atoms with van der Waals surface area (Å²) in [6, 6.07) is 3.91. The molecule has 21 heavy (non-hydrogen) atoms. The zero-order valence-electron chi connectivity index (χ0n) is 12.0. The summed E-state index contributed by atoms with van der Waals surface area (Å²) in [4.78, 5) is 22.9. The van der Waals surface area contributed by atoms with Crippen LogP contribution in [-0.4, -0.2) is 29.0 Å². The van der Waals surface area contributed by atoms with Crippen molar-refractivity contribution in [3.8, 4) is 0 Å². The van der Waals surface area contributed by atoms with Crippen LogP contribution in [0.15, 0.2) is 18.2 Å². The molecule has 0 saturated carbocycles. The Morgan fingerprint density at radius 2 is 2.05 bits per heavy atom. The van der Waals surface area contributed by atoms with Crippen LogP contribution in [0.5, 0.6) is 0 Å². The number of nitrogens with one attached hydrogen (secondary N) is 2. The van der Waals surface area contributed by atoms with E-state index in [9.17, 15) is 19.1 Å². The Balaban J connectivity index is 2.63. The van der Waals surface area contributed by atoms with Crippen LogP contribution in [0.3, 0.4) is 0 Å². The number of hydrogen-bond donors (Lipinski definition) is 3. The van der Waals surface area contributed by atoms with Gasteiger partial charge in [0.15, 0.2) is 0 Å². The van der Waals surface area contributed by atoms with Crippen LogP contribution in [0.2, 0.25) is 5.02 Å². The molecule has 0 aromatic heterocycles. The number of aliphatic hydroxyl groups is 1. The quantitative estimate of drug-likeness (QED) is 0.771. The first-order valence-electron chi connectivity index (χ1n) is 6.33. The van der Waals surface area contributed by atoms with Crippen LogP contribution in [0.1, 0.15) is 32.4 Å². The van der Waals surface area contributed by atoms with Gasteiger partial charge in [0.25, 0.3) is 0 Å². The minimum Gasteiger partial charge on any atom is -0.387 e. The van der Waals surface area contributed by atoms with E-state index in [1.54, 1.807) is 0 Å². The SMILES string of the molecule is CC(=O)NC(C)(C)C(=O)NCC(O)c1ccc(Cl)c(F)c1. The maximum absolute atomic E-state index is 13.3. The van der Waals surface area contributed by atoms with Crippen LogP contribution >= 0.6 is 11.6 Å². The van der Waals surface area contributed by atoms with Gasteiger partial charge >= 0.3 is 0 Å². The van der Waals surface area contributed by atoms with Crippen molar-refractivity contribution in [1.29, 1.82) is 0 Å². The Bertz CT molecular complexity index is 549. The first-order valence-corrected chi connectivity index (χ1v) is 6.71. The van der Waals surface area contributed by atoms with Crippen LogP contribution in [0.4, 0.5) is 4.39 Å². The lowest BCUT2D eigenvalue weighted by Crippen LogP contribution is -2.54. The lowest BCUT2D eigenvalue weighted by atomic mass is 10.0. The smallest absolute Gasteiger partial charge is 0.245 e. The van der Waals surface area contributed by atoms with Crippen LogP contribution in [0, 0.1) is 5.82 Å². The highest BCUT2D eigenvalue weighted by Gasteiger charge is 2.28. The molecule has 1 aromatic rings. The molecule has 1 rings (SSSR count). The molecule has 116 valence electrons. The number of aliphatic hydroxyl groups excluding tert-OH is 1. The van der Waals surface area contributed by atoms with Crippen LogP contribution < -0.4 is 10.6 Å². The molecule has 7 heteroatoms. The summed E-state index contributed by atoms with van der Waals surface area (Å²) in [5, 5.41) is 14.9. The third-order valence-electron chi connectivity index (χ3n) is 2.84. The highest BCUT2D eigenvalue weighted by molar-refractivity contribution is 6.30. The largest absolute Gasteiger partial charge is 0.387 e. The van der Waals surface area contributed by atoms with Gasteiger partial charge in [-0.05, 0) is 31.5 Å². The van der Waals surface area contributed by atoms with E-state index < -0.39 is 23.4 Å². The van der Waals surface area contributed by atoms with Crippen molar-refractivity contribution in [2.24, 2.45) is 0 Å². The van der Waals surface area contributed by atoms with E-state index in [2.05, 4.69) is 10.6 Å². The predicted octanol–water partition coefficient (Wildman–Crippen LogP) is 1.54. The third kappa shape index (κ3) is 4.99. The Morgan fingerprint density at radius 1 is 1.43 bits per heavy atom. The summed E-state index contributed by atoms with van der Waals surface area (Å²) < 4.78 is 13.3. The van der Waals surface area contributed by atoms with E-state index in [1.807, 2.05) is 0 Å². The Morgan fingerprint density at radius 3 is 2.57 bits per heavy atom. The van der Waals surface area contributed by atoms with Crippen molar-refractivity contribution in [3.05, 3.63) is 34.6 Å². The predicted molar refractivity (Wildman–Crippen MR) is 77.3 cm³/mol. The monoisotopic (exact) mass is 316 g/mol. The summed E-state index contributed by atoms with van der Waals surface area (Å²) >= 11 is 5.55. The second kappa shape index (κ2) is 6.87.